The summed E-state index contributed by atoms with van der Waals surface area (Å²) < 4.78 is 12.1. The Kier molecular flexibility index (Phi) is 7.70. The van der Waals surface area contributed by atoms with Crippen LogP contribution in [0.25, 0.3) is 5.69 Å². The fourth-order valence-corrected chi connectivity index (χ4v) is 4.32. The van der Waals surface area contributed by atoms with Crippen LogP contribution in [0.3, 0.4) is 0 Å². The number of nitrogens with one attached hydrogen (secondary N) is 1. The maximum absolute atomic E-state index is 12.8. The molecule has 8 heteroatoms. The van der Waals surface area contributed by atoms with Gasteiger partial charge in [-0.2, -0.15) is 4.68 Å². The second-order valence-corrected chi connectivity index (χ2v) is 8.62. The zero-order valence-corrected chi connectivity index (χ0v) is 20.5. The minimum Gasteiger partial charge on any atom is -0.497 e. The number of hydrogen-bond acceptors (Lipinski definition) is 6. The molecule has 1 amide bonds. The Morgan fingerprint density at radius 2 is 1.77 bits per heavy atom. The average molecular weight is 477 g/mol. The normalized spacial score (nSPS) is 14.0. The Bertz CT molecular complexity index is 1210. The number of methoxy groups -OCH3 is 2. The SMILES string of the molecule is CCc1ccc(-n2nc(N3CCC(C(=O)NCc4ccc(OC)cc4OC)CC3)ccc2=O)cc1. The lowest BCUT2D eigenvalue weighted by Crippen LogP contribution is -2.41. The fourth-order valence-electron chi connectivity index (χ4n) is 4.32. The molecule has 3 aromatic rings. The third-order valence-corrected chi connectivity index (χ3v) is 6.51. The molecule has 0 atom stereocenters. The molecule has 1 saturated heterocycles. The molecule has 1 aromatic heterocycles. The van der Waals surface area contributed by atoms with Crippen LogP contribution in [-0.2, 0) is 17.8 Å². The van der Waals surface area contributed by atoms with Crippen LogP contribution in [-0.4, -0.2) is 43.0 Å². The predicted molar refractivity (Wildman–Crippen MR) is 136 cm³/mol. The maximum atomic E-state index is 12.8. The van der Waals surface area contributed by atoms with Crippen LogP contribution >= 0.6 is 0 Å². The maximum Gasteiger partial charge on any atom is 0.271 e. The van der Waals surface area contributed by atoms with Gasteiger partial charge in [-0.05, 0) is 55.2 Å². The van der Waals surface area contributed by atoms with Crippen molar-refractivity contribution in [3.05, 3.63) is 76.1 Å². The standard InChI is InChI=1S/C27H32N4O4/c1-4-19-5-8-22(9-6-19)31-26(32)12-11-25(29-31)30-15-13-20(14-16-30)27(33)28-18-21-7-10-23(34-2)17-24(21)35-3/h5-12,17,20H,4,13-16,18H2,1-3H3,(H,28,33). The quantitative estimate of drug-likeness (QED) is 0.537. The smallest absolute Gasteiger partial charge is 0.271 e. The zero-order valence-electron chi connectivity index (χ0n) is 20.5. The van der Waals surface area contributed by atoms with E-state index in [1.165, 1.54) is 10.2 Å². The molecule has 2 heterocycles. The molecule has 184 valence electrons. The van der Waals surface area contributed by atoms with E-state index in [9.17, 15) is 9.59 Å². The van der Waals surface area contributed by atoms with E-state index < -0.39 is 0 Å². The second kappa shape index (κ2) is 11.1. The third-order valence-electron chi connectivity index (χ3n) is 6.51. The van der Waals surface area contributed by atoms with Gasteiger partial charge in [-0.25, -0.2) is 0 Å². The molecule has 1 aliphatic heterocycles. The molecule has 0 unspecified atom stereocenters. The third kappa shape index (κ3) is 5.65. The summed E-state index contributed by atoms with van der Waals surface area (Å²) in [5.41, 5.74) is 2.69. The molecular formula is C27H32N4O4. The van der Waals surface area contributed by atoms with E-state index in [-0.39, 0.29) is 17.4 Å². The van der Waals surface area contributed by atoms with Crippen LogP contribution in [0.4, 0.5) is 5.82 Å². The van der Waals surface area contributed by atoms with Gasteiger partial charge >= 0.3 is 0 Å². The van der Waals surface area contributed by atoms with E-state index in [0.717, 1.165) is 36.3 Å². The summed E-state index contributed by atoms with van der Waals surface area (Å²) in [5.74, 6) is 2.11. The van der Waals surface area contributed by atoms with Gasteiger partial charge in [-0.15, -0.1) is 5.10 Å². The predicted octanol–water partition coefficient (Wildman–Crippen LogP) is 3.34. The second-order valence-electron chi connectivity index (χ2n) is 8.62. The molecule has 4 rings (SSSR count). The number of carbonyl (C=O) groups is 1. The fraction of sp³-hybridized carbons (Fsp3) is 0.370. The lowest BCUT2D eigenvalue weighted by molar-refractivity contribution is -0.125. The summed E-state index contributed by atoms with van der Waals surface area (Å²) in [7, 11) is 3.21. The number of benzene rings is 2. The highest BCUT2D eigenvalue weighted by Crippen LogP contribution is 2.25. The van der Waals surface area contributed by atoms with Crippen molar-refractivity contribution in [1.82, 2.24) is 15.1 Å². The van der Waals surface area contributed by atoms with Gasteiger partial charge in [-0.1, -0.05) is 19.1 Å². The van der Waals surface area contributed by atoms with Crippen LogP contribution in [0, 0.1) is 5.92 Å². The molecule has 0 radical (unpaired) electrons. The molecule has 1 fully saturated rings. The van der Waals surface area contributed by atoms with Gasteiger partial charge in [0.1, 0.15) is 17.3 Å². The summed E-state index contributed by atoms with van der Waals surface area (Å²) in [6, 6.07) is 16.8. The summed E-state index contributed by atoms with van der Waals surface area (Å²) in [5, 5.41) is 7.65. The molecular weight excluding hydrogens is 444 g/mol. The summed E-state index contributed by atoms with van der Waals surface area (Å²) in [4.78, 5) is 27.4. The van der Waals surface area contributed by atoms with Gasteiger partial charge in [0, 0.05) is 43.2 Å². The van der Waals surface area contributed by atoms with E-state index in [4.69, 9.17) is 9.47 Å². The molecule has 0 aliphatic carbocycles. The molecule has 1 aliphatic rings. The first-order valence-electron chi connectivity index (χ1n) is 12.0. The molecule has 0 saturated carbocycles. The number of hydrogen-bond donors (Lipinski definition) is 1. The van der Waals surface area contributed by atoms with Gasteiger partial charge in [0.15, 0.2) is 0 Å². The Balaban J connectivity index is 1.36. The van der Waals surface area contributed by atoms with Crippen molar-refractivity contribution in [1.29, 1.82) is 0 Å². The number of nitrogens with zero attached hydrogens (tertiary/aromatic N) is 3. The Morgan fingerprint density at radius 3 is 2.43 bits per heavy atom. The number of piperidine rings is 1. The van der Waals surface area contributed by atoms with E-state index in [0.29, 0.717) is 31.1 Å². The summed E-state index contributed by atoms with van der Waals surface area (Å²) in [6.07, 6.45) is 2.38. The summed E-state index contributed by atoms with van der Waals surface area (Å²) in [6.45, 7) is 3.89. The van der Waals surface area contributed by atoms with Crippen LogP contribution in [0.5, 0.6) is 11.5 Å². The minimum atomic E-state index is -0.166. The van der Waals surface area contributed by atoms with Gasteiger partial charge in [0.2, 0.25) is 5.91 Å². The van der Waals surface area contributed by atoms with Crippen molar-refractivity contribution >= 4 is 11.7 Å². The first-order chi connectivity index (χ1) is 17.0. The highest BCUT2D eigenvalue weighted by Gasteiger charge is 2.26. The van der Waals surface area contributed by atoms with Crippen molar-refractivity contribution in [3.8, 4) is 17.2 Å². The van der Waals surface area contributed by atoms with Crippen molar-refractivity contribution < 1.29 is 14.3 Å². The number of rotatable bonds is 8. The van der Waals surface area contributed by atoms with E-state index in [1.807, 2.05) is 42.5 Å². The highest BCUT2D eigenvalue weighted by molar-refractivity contribution is 5.79. The largest absolute Gasteiger partial charge is 0.497 e. The first-order valence-corrected chi connectivity index (χ1v) is 12.0. The van der Waals surface area contributed by atoms with Gasteiger partial charge in [0.25, 0.3) is 5.56 Å². The number of ether oxygens (including phenoxy) is 2. The van der Waals surface area contributed by atoms with Crippen LogP contribution in [0.2, 0.25) is 0 Å². The first kappa shape index (κ1) is 24.3. The number of aromatic nitrogens is 2. The number of carbonyl (C=O) groups excluding carboxylic acids is 1. The van der Waals surface area contributed by atoms with Crippen molar-refractivity contribution in [2.24, 2.45) is 5.92 Å². The molecule has 8 nitrogen and oxygen atoms in total. The Morgan fingerprint density at radius 1 is 1.03 bits per heavy atom. The van der Waals surface area contributed by atoms with Gasteiger partial charge < -0.3 is 19.7 Å². The van der Waals surface area contributed by atoms with Crippen LogP contribution in [0.1, 0.15) is 30.9 Å². The number of anilines is 1. The molecule has 1 N–H and O–H groups in total. The zero-order chi connectivity index (χ0) is 24.8. The minimum absolute atomic E-state index is 0.0384. The average Bonchev–Trinajstić information content (AvgIpc) is 2.92. The molecule has 0 bridgehead atoms. The summed E-state index contributed by atoms with van der Waals surface area (Å²) >= 11 is 0. The molecule has 35 heavy (non-hydrogen) atoms. The van der Waals surface area contributed by atoms with E-state index in [1.54, 1.807) is 26.4 Å². The lowest BCUT2D eigenvalue weighted by atomic mass is 9.96. The van der Waals surface area contributed by atoms with E-state index >= 15 is 0 Å². The van der Waals surface area contributed by atoms with Gasteiger partial charge in [0.05, 0.1) is 19.9 Å². The van der Waals surface area contributed by atoms with Crippen molar-refractivity contribution in [2.45, 2.75) is 32.7 Å². The Labute approximate surface area is 205 Å². The Hall–Kier alpha value is -3.81. The van der Waals surface area contributed by atoms with Crippen LogP contribution in [0.15, 0.2) is 59.4 Å². The number of amides is 1. The topological polar surface area (TPSA) is 85.7 Å². The van der Waals surface area contributed by atoms with Crippen molar-refractivity contribution in [2.75, 3.05) is 32.2 Å². The number of aryl methyl sites for hydroxylation is 1. The van der Waals surface area contributed by atoms with Gasteiger partial charge in [-0.3, -0.25) is 9.59 Å². The van der Waals surface area contributed by atoms with Crippen molar-refractivity contribution in [3.63, 3.8) is 0 Å². The molecule has 2 aromatic carbocycles. The van der Waals surface area contributed by atoms with E-state index in [2.05, 4.69) is 22.2 Å². The van der Waals surface area contributed by atoms with Crippen LogP contribution < -0.4 is 25.2 Å². The highest BCUT2D eigenvalue weighted by atomic mass is 16.5. The monoisotopic (exact) mass is 476 g/mol. The molecule has 0 spiro atoms. The lowest BCUT2D eigenvalue weighted by Gasteiger charge is -2.32.